The van der Waals surface area contributed by atoms with Crippen molar-refractivity contribution < 1.29 is 22.2 Å². The molecule has 0 aliphatic carbocycles. The van der Waals surface area contributed by atoms with Crippen molar-refractivity contribution in [1.82, 2.24) is 0 Å². The van der Waals surface area contributed by atoms with Gasteiger partial charge in [0.1, 0.15) is 12.4 Å². The summed E-state index contributed by atoms with van der Waals surface area (Å²) in [6, 6.07) is 14.3. The van der Waals surface area contributed by atoms with Gasteiger partial charge in [0, 0.05) is 11.1 Å². The van der Waals surface area contributed by atoms with Gasteiger partial charge in [-0.15, -0.1) is 0 Å². The van der Waals surface area contributed by atoms with Gasteiger partial charge in [-0.1, -0.05) is 36.4 Å². The Balaban J connectivity index is 1.85. The number of benzene rings is 2. The van der Waals surface area contributed by atoms with Crippen LogP contribution in [-0.4, -0.2) is 32.5 Å². The molecule has 8 nitrogen and oxygen atoms in total. The molecule has 0 amide bonds. The Morgan fingerprint density at radius 1 is 1.15 bits per heavy atom. The predicted molar refractivity (Wildman–Crippen MR) is 100 cm³/mol. The fourth-order valence-electron chi connectivity index (χ4n) is 2.64. The lowest BCUT2D eigenvalue weighted by molar-refractivity contribution is 0.101. The Labute approximate surface area is 156 Å². The highest BCUT2D eigenvalue weighted by Crippen LogP contribution is 2.34. The van der Waals surface area contributed by atoms with Crippen LogP contribution in [0.2, 0.25) is 0 Å². The van der Waals surface area contributed by atoms with Gasteiger partial charge in [0.2, 0.25) is 5.96 Å². The summed E-state index contributed by atoms with van der Waals surface area (Å²) in [6.07, 6.45) is 1.91. The summed E-state index contributed by atoms with van der Waals surface area (Å²) in [7, 11) is -4.24. The molecule has 3 rings (SSSR count). The number of nitrogens with zero attached hydrogens (tertiary/aromatic N) is 1. The van der Waals surface area contributed by atoms with Crippen molar-refractivity contribution in [3.05, 3.63) is 71.3 Å². The largest absolute Gasteiger partial charge is 0.489 e. The molecule has 2 aromatic rings. The summed E-state index contributed by atoms with van der Waals surface area (Å²) in [5.41, 5.74) is 12.9. The number of hydrogen-bond donors (Lipinski definition) is 2. The molecule has 0 saturated heterocycles. The van der Waals surface area contributed by atoms with Crippen molar-refractivity contribution >= 4 is 27.4 Å². The molecule has 9 heteroatoms. The number of Topliss-reactive ketones (excluding diaryl/α,β-unsaturated/α-hetero) is 1. The second-order valence-electron chi connectivity index (χ2n) is 5.72. The first-order chi connectivity index (χ1) is 12.9. The third-order valence-electron chi connectivity index (χ3n) is 3.76. The van der Waals surface area contributed by atoms with E-state index < -0.39 is 27.6 Å². The predicted octanol–water partition coefficient (Wildman–Crippen LogP) is 1.23. The molecule has 140 valence electrons. The molecule has 0 fully saturated rings. The van der Waals surface area contributed by atoms with Gasteiger partial charge in [0.15, 0.2) is 11.5 Å². The van der Waals surface area contributed by atoms with E-state index in [2.05, 4.69) is 9.44 Å². The van der Waals surface area contributed by atoms with Gasteiger partial charge in [-0.25, -0.2) is 0 Å². The van der Waals surface area contributed by atoms with Crippen LogP contribution < -0.4 is 16.2 Å². The van der Waals surface area contributed by atoms with Crippen molar-refractivity contribution in [1.29, 1.82) is 0 Å². The third kappa shape index (κ3) is 4.45. The van der Waals surface area contributed by atoms with E-state index >= 15 is 0 Å². The third-order valence-corrected chi connectivity index (χ3v) is 4.68. The first kappa shape index (κ1) is 18.5. The number of carbonyl (C=O) groups excluding carboxylic acids is 1. The van der Waals surface area contributed by atoms with Crippen molar-refractivity contribution in [2.45, 2.75) is 0 Å². The molecule has 0 saturated carbocycles. The molecule has 0 aromatic heterocycles. The Kier molecular flexibility index (Phi) is 5.13. The number of oxime groups is 1. The van der Waals surface area contributed by atoms with Crippen LogP contribution in [0.4, 0.5) is 0 Å². The van der Waals surface area contributed by atoms with Crippen LogP contribution in [0.15, 0.2) is 59.8 Å². The van der Waals surface area contributed by atoms with Crippen LogP contribution in [0.25, 0.3) is 5.57 Å². The Bertz CT molecular complexity index is 1040. The van der Waals surface area contributed by atoms with Crippen LogP contribution in [0, 0.1) is 0 Å². The Morgan fingerprint density at radius 2 is 1.93 bits per heavy atom. The van der Waals surface area contributed by atoms with E-state index in [0.717, 1.165) is 22.4 Å². The number of fused-ring (bicyclic) bond motifs is 1. The van der Waals surface area contributed by atoms with Gasteiger partial charge in [-0.2, -0.15) is 8.42 Å². The molecule has 0 radical (unpaired) electrons. The lowest BCUT2D eigenvalue weighted by Gasteiger charge is -2.19. The summed E-state index contributed by atoms with van der Waals surface area (Å²) in [5, 5.41) is 2.97. The molecule has 0 spiro atoms. The first-order valence-corrected chi connectivity index (χ1v) is 9.50. The Morgan fingerprint density at radius 3 is 2.70 bits per heavy atom. The zero-order valence-corrected chi connectivity index (χ0v) is 15.0. The average molecular weight is 387 g/mol. The normalized spacial score (nSPS) is 13.0. The van der Waals surface area contributed by atoms with E-state index in [1.54, 1.807) is 12.1 Å². The second kappa shape index (κ2) is 7.50. The van der Waals surface area contributed by atoms with Gasteiger partial charge >= 0.3 is 10.1 Å². The molecule has 0 bridgehead atoms. The van der Waals surface area contributed by atoms with Gasteiger partial charge in [0.25, 0.3) is 0 Å². The number of rotatable bonds is 6. The number of guanidine groups is 1. The van der Waals surface area contributed by atoms with Crippen molar-refractivity contribution in [3.8, 4) is 5.75 Å². The maximum Gasteiger partial charge on any atom is 0.336 e. The minimum absolute atomic E-state index is 0.231. The highest BCUT2D eigenvalue weighted by atomic mass is 32.2. The molecule has 1 aliphatic heterocycles. The summed E-state index contributed by atoms with van der Waals surface area (Å²) in [4.78, 5) is 12.4. The van der Waals surface area contributed by atoms with Crippen molar-refractivity contribution in [2.75, 3.05) is 12.4 Å². The lowest BCUT2D eigenvalue weighted by atomic mass is 9.94. The molecule has 1 aliphatic rings. The Hall–Kier alpha value is -3.33. The number of carbonyl (C=O) groups is 1. The van der Waals surface area contributed by atoms with Gasteiger partial charge < -0.3 is 16.2 Å². The van der Waals surface area contributed by atoms with Gasteiger partial charge in [0.05, 0.1) is 0 Å². The SMILES string of the molecule is NC(N)=NOS(=O)(=O)CC(=O)c1cccc(C2=CCOc3ccccc32)c1. The first-order valence-electron chi connectivity index (χ1n) is 7.92. The summed E-state index contributed by atoms with van der Waals surface area (Å²) in [5.74, 6) is -1.33. The van der Waals surface area contributed by atoms with Crippen LogP contribution in [0.1, 0.15) is 21.5 Å². The molecular formula is C18H17N3O5S. The molecule has 0 unspecified atom stereocenters. The maximum atomic E-state index is 12.4. The van der Waals surface area contributed by atoms with Crippen LogP contribution >= 0.6 is 0 Å². The zero-order valence-electron chi connectivity index (χ0n) is 14.2. The second-order valence-corrected chi connectivity index (χ2v) is 7.27. The number of hydrogen-bond acceptors (Lipinski definition) is 6. The minimum Gasteiger partial charge on any atom is -0.489 e. The van der Waals surface area contributed by atoms with Crippen LogP contribution in [0.5, 0.6) is 5.75 Å². The number of ether oxygens (including phenoxy) is 1. The van der Waals surface area contributed by atoms with Gasteiger partial charge in [-0.05, 0) is 34.5 Å². The molecule has 2 aromatic carbocycles. The molecule has 0 atom stereocenters. The fraction of sp³-hybridized carbons (Fsp3) is 0.111. The monoisotopic (exact) mass is 387 g/mol. The average Bonchev–Trinajstić information content (AvgIpc) is 2.66. The van der Waals surface area contributed by atoms with E-state index in [0.29, 0.717) is 6.61 Å². The van der Waals surface area contributed by atoms with E-state index in [4.69, 9.17) is 16.2 Å². The zero-order chi connectivity index (χ0) is 19.4. The number of para-hydroxylation sites is 1. The van der Waals surface area contributed by atoms with Crippen molar-refractivity contribution in [2.24, 2.45) is 16.6 Å². The standard InChI is InChI=1S/C18H17N3O5S/c19-18(20)21-26-27(23,24)11-16(22)13-5-3-4-12(10-13)14-8-9-25-17-7-2-1-6-15(14)17/h1-8,10H,9,11H2,(H4,19,20,21). The van der Waals surface area contributed by atoms with E-state index in [9.17, 15) is 13.2 Å². The topological polar surface area (TPSA) is 134 Å². The van der Waals surface area contributed by atoms with E-state index in [1.807, 2.05) is 36.4 Å². The molecular weight excluding hydrogens is 370 g/mol. The quantitative estimate of drug-likeness (QED) is 0.329. The highest BCUT2D eigenvalue weighted by Gasteiger charge is 2.21. The molecule has 4 N–H and O–H groups in total. The highest BCUT2D eigenvalue weighted by molar-refractivity contribution is 7.87. The van der Waals surface area contributed by atoms with Gasteiger partial charge in [-0.3, -0.25) is 9.08 Å². The van der Waals surface area contributed by atoms with Crippen LogP contribution in [-0.2, 0) is 14.4 Å². The molecule has 1 heterocycles. The summed E-state index contributed by atoms with van der Waals surface area (Å²) >= 11 is 0. The smallest absolute Gasteiger partial charge is 0.336 e. The van der Waals surface area contributed by atoms with Crippen molar-refractivity contribution in [3.63, 3.8) is 0 Å². The molecule has 27 heavy (non-hydrogen) atoms. The van der Waals surface area contributed by atoms with E-state index in [-0.39, 0.29) is 5.56 Å². The number of nitrogens with two attached hydrogens (primary N) is 2. The summed E-state index contributed by atoms with van der Waals surface area (Å²) < 4.78 is 33.4. The van der Waals surface area contributed by atoms with E-state index in [1.165, 1.54) is 6.07 Å². The van der Waals surface area contributed by atoms with Crippen LogP contribution in [0.3, 0.4) is 0 Å². The summed E-state index contributed by atoms with van der Waals surface area (Å²) in [6.45, 7) is 0.408. The number of ketones is 1. The maximum absolute atomic E-state index is 12.4. The minimum atomic E-state index is -4.24. The fourth-order valence-corrected chi connectivity index (χ4v) is 3.38. The lowest BCUT2D eigenvalue weighted by Crippen LogP contribution is -2.25.